The molecule has 0 saturated carbocycles. The van der Waals surface area contributed by atoms with Crippen molar-refractivity contribution in [1.82, 2.24) is 0 Å². The second-order valence-electron chi connectivity index (χ2n) is 2.18. The van der Waals surface area contributed by atoms with Crippen LogP contribution in [0.3, 0.4) is 0 Å². The molecule has 0 aliphatic carbocycles. The Hall–Kier alpha value is -0.240. The van der Waals surface area contributed by atoms with Crippen molar-refractivity contribution in [1.29, 1.82) is 0 Å². The van der Waals surface area contributed by atoms with Crippen molar-refractivity contribution < 1.29 is 34.8 Å². The molecule has 0 unspecified atom stereocenters. The van der Waals surface area contributed by atoms with Gasteiger partial charge in [0.2, 0.25) is 0 Å². The Morgan fingerprint density at radius 3 is 1.92 bits per heavy atom. The molecule has 0 amide bonds. The molecule has 0 radical (unpaired) electrons. The number of hydrogen-bond acceptors (Lipinski definition) is 6. The van der Waals surface area contributed by atoms with Gasteiger partial charge in [0.1, 0.15) is 24.4 Å². The molecular weight excluding hydrogens is 168 g/mol. The molecule has 6 N–H and O–H groups in total. The van der Waals surface area contributed by atoms with Gasteiger partial charge in [-0.3, -0.25) is 0 Å². The molecule has 0 aromatic heterocycles. The minimum atomic E-state index is -3.50. The topological polar surface area (TPSA) is 121 Å². The fourth-order valence-corrected chi connectivity index (χ4v) is 0.546. The number of hydrogen-bond donors (Lipinski definition) is 6. The largest absolute Gasteiger partial charge is 0.394 e. The molecule has 6 nitrogen and oxygen atoms in total. The molecule has 0 aliphatic heterocycles. The summed E-state index contributed by atoms with van der Waals surface area (Å²) in [6.07, 6.45) is -9.94. The van der Waals surface area contributed by atoms with Crippen LogP contribution in [-0.4, -0.2) is 68.2 Å². The average molecular weight is 185 g/mol. The molecule has 0 saturated heterocycles. The fraction of sp³-hybridized carbons (Fsp3) is 1.00. The molecule has 0 aliphatic rings. The van der Waals surface area contributed by atoms with E-state index in [1.165, 1.54) is 0 Å². The highest BCUT2D eigenvalue weighted by Crippen LogP contribution is 2.03. The summed E-state index contributed by atoms with van der Waals surface area (Å²) in [5.41, 5.74) is 0. The fourth-order valence-electron chi connectivity index (χ4n) is 0.546. The quantitative estimate of drug-likeness (QED) is 0.263. The minimum Gasteiger partial charge on any atom is -0.394 e. The summed E-state index contributed by atoms with van der Waals surface area (Å²) in [4.78, 5) is 0. The van der Waals surface area contributed by atoms with Crippen LogP contribution in [0.15, 0.2) is 0 Å². The first-order chi connectivity index (χ1) is 6.55. The molecule has 6 heteroatoms. The van der Waals surface area contributed by atoms with Gasteiger partial charge >= 0.3 is 0 Å². The van der Waals surface area contributed by atoms with Crippen molar-refractivity contribution in [3.8, 4) is 0 Å². The normalized spacial score (nSPS) is 29.0. The van der Waals surface area contributed by atoms with E-state index in [0.29, 0.717) is 0 Å². The summed E-state index contributed by atoms with van der Waals surface area (Å²) in [7, 11) is 0. The van der Waals surface area contributed by atoms with E-state index in [0.717, 1.165) is 0 Å². The maximum atomic E-state index is 9.12. The predicted molar refractivity (Wildman–Crippen MR) is 38.2 cm³/mol. The van der Waals surface area contributed by atoms with Crippen LogP contribution in [0.1, 0.15) is 4.11 Å². The average Bonchev–Trinajstić information content (AvgIpc) is 2.12. The van der Waals surface area contributed by atoms with Crippen molar-refractivity contribution in [2.75, 3.05) is 13.2 Å². The lowest BCUT2D eigenvalue weighted by Crippen LogP contribution is -2.46. The van der Waals surface area contributed by atoms with Gasteiger partial charge in [0.15, 0.2) is 0 Å². The highest BCUT2D eigenvalue weighted by molar-refractivity contribution is 4.79. The first-order valence-corrected chi connectivity index (χ1v) is 3.15. The van der Waals surface area contributed by atoms with Gasteiger partial charge in [0, 0.05) is 0 Å². The van der Waals surface area contributed by atoms with Crippen LogP contribution in [0.2, 0.25) is 0 Å². The summed E-state index contributed by atoms with van der Waals surface area (Å²) in [6.45, 7) is -4.45. The lowest BCUT2D eigenvalue weighted by molar-refractivity contribution is -0.123. The third-order valence-electron chi connectivity index (χ3n) is 1.30. The summed E-state index contributed by atoms with van der Waals surface area (Å²) >= 11 is 0. The third kappa shape index (κ3) is 3.02. The summed E-state index contributed by atoms with van der Waals surface area (Å²) in [5, 5.41) is 53.2. The minimum absolute atomic E-state index is 0.956. The van der Waals surface area contributed by atoms with Gasteiger partial charge in [-0.25, -0.2) is 0 Å². The van der Waals surface area contributed by atoms with Crippen molar-refractivity contribution in [2.24, 2.45) is 0 Å². The molecular formula is C6H14O6. The Balaban J connectivity index is 4.77. The van der Waals surface area contributed by atoms with Crippen LogP contribution < -0.4 is 0 Å². The lowest BCUT2D eigenvalue weighted by atomic mass is 10.0. The Morgan fingerprint density at radius 1 is 1.08 bits per heavy atom. The van der Waals surface area contributed by atoms with Crippen LogP contribution in [0.25, 0.3) is 0 Å². The molecule has 0 aromatic carbocycles. The third-order valence-corrected chi connectivity index (χ3v) is 1.30. The van der Waals surface area contributed by atoms with Crippen molar-refractivity contribution in [3.63, 3.8) is 0 Å². The number of aliphatic hydroxyl groups excluding tert-OH is 4. The lowest BCUT2D eigenvalue weighted by Gasteiger charge is -2.24. The molecule has 0 heterocycles. The SMILES string of the molecule is [2H]C([2H])(O)[C@]([2H])(O)[C@@H](O)[C@H](O)[C@H](O)CO. The van der Waals surface area contributed by atoms with Crippen LogP contribution in [0, 0.1) is 0 Å². The van der Waals surface area contributed by atoms with Crippen LogP contribution >= 0.6 is 0 Å². The van der Waals surface area contributed by atoms with E-state index in [4.69, 9.17) is 34.8 Å². The van der Waals surface area contributed by atoms with E-state index in [1.54, 1.807) is 0 Å². The predicted octanol–water partition coefficient (Wildman–Crippen LogP) is -3.59. The van der Waals surface area contributed by atoms with E-state index in [2.05, 4.69) is 0 Å². The Bertz CT molecular complexity index is 206. The molecule has 0 rings (SSSR count). The zero-order valence-electron chi connectivity index (χ0n) is 9.12. The summed E-state index contributed by atoms with van der Waals surface area (Å²) in [5.74, 6) is 0. The molecule has 74 valence electrons. The van der Waals surface area contributed by atoms with E-state index in [1.807, 2.05) is 0 Å². The number of aliphatic hydroxyl groups is 6. The van der Waals surface area contributed by atoms with E-state index in [-0.39, 0.29) is 0 Å². The molecule has 12 heavy (non-hydrogen) atoms. The van der Waals surface area contributed by atoms with Gasteiger partial charge in [-0.15, -0.1) is 0 Å². The Labute approximate surface area is 73.5 Å². The zero-order valence-corrected chi connectivity index (χ0v) is 6.12. The smallest absolute Gasteiger partial charge is 0.111 e. The van der Waals surface area contributed by atoms with Crippen molar-refractivity contribution >= 4 is 0 Å². The van der Waals surface area contributed by atoms with Crippen LogP contribution in [-0.2, 0) is 0 Å². The van der Waals surface area contributed by atoms with E-state index < -0.39 is 37.6 Å². The van der Waals surface area contributed by atoms with Crippen molar-refractivity contribution in [3.05, 3.63) is 0 Å². The van der Waals surface area contributed by atoms with E-state index in [9.17, 15) is 0 Å². The van der Waals surface area contributed by atoms with Gasteiger partial charge < -0.3 is 30.6 Å². The van der Waals surface area contributed by atoms with Gasteiger partial charge in [0.05, 0.1) is 17.3 Å². The molecule has 0 spiro atoms. The Kier molecular flexibility index (Phi) is 3.24. The second kappa shape index (κ2) is 5.41. The van der Waals surface area contributed by atoms with Crippen molar-refractivity contribution in [2.45, 2.75) is 24.4 Å². The maximum Gasteiger partial charge on any atom is 0.111 e. The van der Waals surface area contributed by atoms with Crippen LogP contribution in [0.5, 0.6) is 0 Å². The second-order valence-corrected chi connectivity index (χ2v) is 2.18. The number of rotatable bonds is 5. The first kappa shape index (κ1) is 7.19. The standard InChI is InChI=1S/C6H14O6/c7-1-3(9)5(11)6(12)4(10)2-8/h3-12H,1-2H2/t3-,4+,5-,6-/m1/s1/i1D2,3D/t3-,4+,5+,6+/m0. The van der Waals surface area contributed by atoms with Gasteiger partial charge in [0.25, 0.3) is 0 Å². The van der Waals surface area contributed by atoms with Gasteiger partial charge in [-0.1, -0.05) is 0 Å². The zero-order chi connectivity index (χ0) is 12.4. The molecule has 0 bridgehead atoms. The molecule has 4 atom stereocenters. The monoisotopic (exact) mass is 185 g/mol. The molecule has 0 fully saturated rings. The first-order valence-electron chi connectivity index (χ1n) is 4.65. The van der Waals surface area contributed by atoms with Gasteiger partial charge in [-0.05, 0) is 0 Å². The highest BCUT2D eigenvalue weighted by Gasteiger charge is 2.29. The van der Waals surface area contributed by atoms with E-state index >= 15 is 0 Å². The molecule has 0 aromatic rings. The van der Waals surface area contributed by atoms with Gasteiger partial charge in [-0.2, -0.15) is 0 Å². The summed E-state index contributed by atoms with van der Waals surface area (Å²) in [6, 6.07) is 0. The van der Waals surface area contributed by atoms with Crippen LogP contribution in [0.4, 0.5) is 0 Å². The summed E-state index contributed by atoms with van der Waals surface area (Å²) < 4.78 is 20.2. The Morgan fingerprint density at radius 2 is 1.58 bits per heavy atom. The highest BCUT2D eigenvalue weighted by atomic mass is 16.4. The maximum absolute atomic E-state index is 9.12.